The van der Waals surface area contributed by atoms with Gasteiger partial charge in [-0.2, -0.15) is 0 Å². The van der Waals surface area contributed by atoms with E-state index in [1.807, 2.05) is 11.0 Å². The Hall–Kier alpha value is -0.870. The molecule has 94 valence electrons. The fraction of sp³-hybridized carbons (Fsp3) is 0.615. The largest absolute Gasteiger partial charge is 0.338 e. The first-order valence-electron chi connectivity index (χ1n) is 6.24. The summed E-state index contributed by atoms with van der Waals surface area (Å²) >= 11 is 1.64. The Kier molecular flexibility index (Phi) is 3.84. The molecule has 1 atom stereocenters. The second-order valence-electron chi connectivity index (χ2n) is 4.71. The number of rotatable bonds is 3. The number of nitrogens with zero attached hydrogens (tertiary/aromatic N) is 1. The van der Waals surface area contributed by atoms with E-state index in [2.05, 4.69) is 13.8 Å². The highest BCUT2D eigenvalue weighted by atomic mass is 32.1. The van der Waals surface area contributed by atoms with Crippen LogP contribution in [0.1, 0.15) is 33.5 Å². The quantitative estimate of drug-likeness (QED) is 0.895. The molecule has 0 saturated carbocycles. The van der Waals surface area contributed by atoms with Crippen LogP contribution in [-0.2, 0) is 6.42 Å². The van der Waals surface area contributed by atoms with Gasteiger partial charge in [0.15, 0.2) is 0 Å². The summed E-state index contributed by atoms with van der Waals surface area (Å²) in [5, 5.41) is 0. The lowest BCUT2D eigenvalue weighted by Crippen LogP contribution is -2.29. The minimum Gasteiger partial charge on any atom is -0.338 e. The summed E-state index contributed by atoms with van der Waals surface area (Å²) in [6.45, 7) is 6.59. The van der Waals surface area contributed by atoms with Crippen LogP contribution in [0.2, 0.25) is 0 Å². The number of hydrogen-bond donors (Lipinski definition) is 1. The van der Waals surface area contributed by atoms with Gasteiger partial charge < -0.3 is 10.6 Å². The molecule has 0 aliphatic carbocycles. The molecule has 2 rings (SSSR count). The first-order valence-corrected chi connectivity index (χ1v) is 7.06. The Balaban J connectivity index is 2.09. The van der Waals surface area contributed by atoms with Crippen molar-refractivity contribution < 1.29 is 4.79 Å². The first kappa shape index (κ1) is 12.6. The van der Waals surface area contributed by atoms with E-state index in [1.54, 1.807) is 11.3 Å². The van der Waals surface area contributed by atoms with Crippen LogP contribution in [-0.4, -0.2) is 30.4 Å². The SMILES string of the molecule is CCc1sc(C(=O)N2CCC(CN)C2)cc1C. The van der Waals surface area contributed by atoms with Crippen LogP contribution in [0.4, 0.5) is 0 Å². The van der Waals surface area contributed by atoms with Gasteiger partial charge in [0, 0.05) is 18.0 Å². The van der Waals surface area contributed by atoms with Crippen LogP contribution in [0.3, 0.4) is 0 Å². The van der Waals surface area contributed by atoms with Crippen molar-refractivity contribution in [3.63, 3.8) is 0 Å². The molecule has 1 amide bonds. The summed E-state index contributed by atoms with van der Waals surface area (Å²) in [5.74, 6) is 0.680. The third-order valence-corrected chi connectivity index (χ3v) is 4.83. The van der Waals surface area contributed by atoms with Crippen molar-refractivity contribution in [3.8, 4) is 0 Å². The average molecular weight is 252 g/mol. The Labute approximate surface area is 107 Å². The summed E-state index contributed by atoms with van der Waals surface area (Å²) in [6.07, 6.45) is 2.06. The van der Waals surface area contributed by atoms with Crippen LogP contribution in [0.25, 0.3) is 0 Å². The van der Waals surface area contributed by atoms with Gasteiger partial charge in [-0.05, 0) is 43.9 Å². The molecule has 0 aromatic carbocycles. The lowest BCUT2D eigenvalue weighted by molar-refractivity contribution is 0.0792. The average Bonchev–Trinajstić information content (AvgIpc) is 2.94. The molecule has 0 spiro atoms. The number of amides is 1. The normalized spacial score (nSPS) is 19.9. The zero-order chi connectivity index (χ0) is 12.4. The van der Waals surface area contributed by atoms with E-state index in [9.17, 15) is 4.79 Å². The van der Waals surface area contributed by atoms with Crippen LogP contribution >= 0.6 is 11.3 Å². The molecule has 2 heterocycles. The van der Waals surface area contributed by atoms with Gasteiger partial charge in [0.1, 0.15) is 0 Å². The van der Waals surface area contributed by atoms with Crippen molar-refractivity contribution in [2.24, 2.45) is 11.7 Å². The topological polar surface area (TPSA) is 46.3 Å². The van der Waals surface area contributed by atoms with Gasteiger partial charge in [-0.1, -0.05) is 6.92 Å². The first-order chi connectivity index (χ1) is 8.15. The molecule has 0 radical (unpaired) electrons. The van der Waals surface area contributed by atoms with Crippen molar-refractivity contribution in [3.05, 3.63) is 21.4 Å². The predicted octanol–water partition coefficient (Wildman–Crippen LogP) is 2.04. The van der Waals surface area contributed by atoms with E-state index in [0.717, 1.165) is 30.8 Å². The fourth-order valence-electron chi connectivity index (χ4n) is 2.34. The maximum atomic E-state index is 12.3. The predicted molar refractivity (Wildman–Crippen MR) is 71.5 cm³/mol. The van der Waals surface area contributed by atoms with Gasteiger partial charge in [0.2, 0.25) is 0 Å². The van der Waals surface area contributed by atoms with Gasteiger partial charge >= 0.3 is 0 Å². The molecule has 1 aromatic heterocycles. The van der Waals surface area contributed by atoms with E-state index in [4.69, 9.17) is 5.73 Å². The van der Waals surface area contributed by atoms with Crippen molar-refractivity contribution in [1.29, 1.82) is 0 Å². The Morgan fingerprint density at radius 1 is 1.65 bits per heavy atom. The summed E-state index contributed by atoms with van der Waals surface area (Å²) in [4.78, 5) is 16.4. The highest BCUT2D eigenvalue weighted by molar-refractivity contribution is 7.14. The Morgan fingerprint density at radius 3 is 2.94 bits per heavy atom. The number of nitrogens with two attached hydrogens (primary N) is 1. The monoisotopic (exact) mass is 252 g/mol. The van der Waals surface area contributed by atoms with Gasteiger partial charge in [-0.3, -0.25) is 4.79 Å². The molecule has 1 fully saturated rings. The van der Waals surface area contributed by atoms with Gasteiger partial charge in [-0.25, -0.2) is 0 Å². The van der Waals surface area contributed by atoms with Crippen molar-refractivity contribution in [1.82, 2.24) is 4.90 Å². The third-order valence-electron chi connectivity index (χ3n) is 3.46. The third kappa shape index (κ3) is 2.53. The Morgan fingerprint density at radius 2 is 2.41 bits per heavy atom. The maximum absolute atomic E-state index is 12.3. The molecule has 2 N–H and O–H groups in total. The van der Waals surface area contributed by atoms with Crippen molar-refractivity contribution >= 4 is 17.2 Å². The van der Waals surface area contributed by atoms with E-state index in [-0.39, 0.29) is 5.91 Å². The highest BCUT2D eigenvalue weighted by Crippen LogP contribution is 2.25. The molecule has 1 saturated heterocycles. The molecular formula is C13H20N2OS. The zero-order valence-electron chi connectivity index (χ0n) is 10.5. The van der Waals surface area contributed by atoms with E-state index < -0.39 is 0 Å². The number of carbonyl (C=O) groups excluding carboxylic acids is 1. The molecular weight excluding hydrogens is 232 g/mol. The summed E-state index contributed by atoms with van der Waals surface area (Å²) in [6, 6.07) is 2.03. The van der Waals surface area contributed by atoms with E-state index >= 15 is 0 Å². The van der Waals surface area contributed by atoms with Crippen molar-refractivity contribution in [2.75, 3.05) is 19.6 Å². The van der Waals surface area contributed by atoms with Crippen LogP contribution < -0.4 is 5.73 Å². The number of likely N-dealkylation sites (tertiary alicyclic amines) is 1. The minimum absolute atomic E-state index is 0.189. The second kappa shape index (κ2) is 5.19. The summed E-state index contributed by atoms with van der Waals surface area (Å²) in [5.41, 5.74) is 6.90. The molecule has 1 aromatic rings. The molecule has 0 bridgehead atoms. The van der Waals surface area contributed by atoms with Gasteiger partial charge in [0.05, 0.1) is 4.88 Å². The minimum atomic E-state index is 0.189. The number of thiophene rings is 1. The second-order valence-corrected chi connectivity index (χ2v) is 5.85. The summed E-state index contributed by atoms with van der Waals surface area (Å²) < 4.78 is 0. The fourth-order valence-corrected chi connectivity index (χ4v) is 3.42. The van der Waals surface area contributed by atoms with E-state index in [1.165, 1.54) is 10.4 Å². The van der Waals surface area contributed by atoms with Crippen LogP contribution in [0.15, 0.2) is 6.07 Å². The van der Waals surface area contributed by atoms with Gasteiger partial charge in [-0.15, -0.1) is 11.3 Å². The number of carbonyl (C=O) groups is 1. The van der Waals surface area contributed by atoms with Crippen LogP contribution in [0, 0.1) is 12.8 Å². The maximum Gasteiger partial charge on any atom is 0.263 e. The number of aryl methyl sites for hydroxylation is 2. The molecule has 3 nitrogen and oxygen atoms in total. The van der Waals surface area contributed by atoms with Crippen molar-refractivity contribution in [2.45, 2.75) is 26.7 Å². The van der Waals surface area contributed by atoms with E-state index in [0.29, 0.717) is 12.5 Å². The Bertz CT molecular complexity index is 414. The molecule has 4 heteroatoms. The standard InChI is InChI=1S/C13H20N2OS/c1-3-11-9(2)6-12(17-11)13(16)15-5-4-10(7-14)8-15/h6,10H,3-5,7-8,14H2,1-2H3. The molecule has 1 unspecified atom stereocenters. The molecule has 17 heavy (non-hydrogen) atoms. The lowest BCUT2D eigenvalue weighted by atomic mass is 10.1. The highest BCUT2D eigenvalue weighted by Gasteiger charge is 2.27. The molecule has 1 aliphatic rings. The van der Waals surface area contributed by atoms with Gasteiger partial charge in [0.25, 0.3) is 5.91 Å². The lowest BCUT2D eigenvalue weighted by Gasteiger charge is -2.14. The summed E-state index contributed by atoms with van der Waals surface area (Å²) in [7, 11) is 0. The smallest absolute Gasteiger partial charge is 0.263 e. The number of hydrogen-bond acceptors (Lipinski definition) is 3. The van der Waals surface area contributed by atoms with Crippen LogP contribution in [0.5, 0.6) is 0 Å². The molecule has 1 aliphatic heterocycles. The zero-order valence-corrected chi connectivity index (χ0v) is 11.3.